The second-order valence-corrected chi connectivity index (χ2v) is 10.0. The Bertz CT molecular complexity index is 1510. The average Bonchev–Trinajstić information content (AvgIpc) is 3.89. The van der Waals surface area contributed by atoms with Crippen molar-refractivity contribution in [1.29, 1.82) is 0 Å². The largest absolute Gasteiger partial charge is 0.377 e. The molecule has 0 N–H and O–H groups in total. The zero-order valence-corrected chi connectivity index (χ0v) is 21.3. The van der Waals surface area contributed by atoms with Gasteiger partial charge in [0.2, 0.25) is 0 Å². The lowest BCUT2D eigenvalue weighted by Crippen LogP contribution is -2.56. The van der Waals surface area contributed by atoms with Crippen molar-refractivity contribution in [2.75, 3.05) is 39.6 Å². The van der Waals surface area contributed by atoms with Gasteiger partial charge < -0.3 is 61.6 Å². The Hall–Kier alpha value is -0.520. The first kappa shape index (κ1) is 13.1. The van der Waals surface area contributed by atoms with Gasteiger partial charge >= 0.3 is 0 Å². The first-order valence-corrected chi connectivity index (χ1v) is 12.7. The molecule has 0 saturated carbocycles. The minimum Gasteiger partial charge on any atom is -0.377 e. The summed E-state index contributed by atoms with van der Waals surface area (Å²) >= 11 is 0. The molecule has 41 heavy (non-hydrogen) atoms. The summed E-state index contributed by atoms with van der Waals surface area (Å²) in [6, 6.07) is 0. The molecule has 0 aliphatic carbocycles. The molecular formula is C28H46O13. The first-order valence-electron chi connectivity index (χ1n) is 24.7. The molecule has 6 heterocycles. The molecule has 236 valence electrons. The smallest absolute Gasteiger partial charge is 0.190 e. The van der Waals surface area contributed by atoms with Crippen molar-refractivity contribution in [2.45, 2.75) is 139 Å². The molecule has 0 aromatic rings. The fraction of sp³-hybridized carbons (Fsp3) is 1.00. The zero-order chi connectivity index (χ0) is 49.2. The second kappa shape index (κ2) is 11.1. The SMILES string of the molecule is [2H]C([2H])([2H])C1(C([2H])([2H])[2H])O[C@H]2[C@@H](O1)[C@@H](COCCOCCOC[C@H]1O[C@@H]3OC(C([2H])([2H])[2H])(C([2H])([2H])[2H])O[C@@H]3[C@H]3OC(C([2H])([2H])[2H])(C([2H])([2H])[2H])O[C@H]31)O[C@@H]1OC(C([2H])([2H])[2H])(C([2H])([2H])[2H])O[C@@H]12. The van der Waals surface area contributed by atoms with Crippen LogP contribution in [0, 0.1) is 0 Å². The standard InChI is InChI=1S/C28H46O13/c1-25(2)34-17-15(32-23-21(19(17)36-25)38-27(5,6)40-23)13-30-11-9-29-10-12-31-14-16-18-20(37-26(3,4)35-18)22-24(33-16)41-28(7,8)39-22/h15-24H,9-14H2,1-8H3/t15-,16-,17+,18+,19+,20+,21-,22-,23-,24-/m1/s1/i1D3,2D3,3D3,4D3,5D3,6D3,7D3,8D3. The van der Waals surface area contributed by atoms with E-state index < -0.39 is 153 Å². The predicted octanol–water partition coefficient (Wildman–Crippen LogP) is 1.83. The Morgan fingerprint density at radius 3 is 1.20 bits per heavy atom. The molecule has 0 unspecified atom stereocenters. The van der Waals surface area contributed by atoms with Crippen LogP contribution in [0.2, 0.25) is 0 Å². The Kier molecular flexibility index (Phi) is 3.55. The topological polar surface area (TPSA) is 120 Å². The molecule has 13 nitrogen and oxygen atoms in total. The summed E-state index contributed by atoms with van der Waals surface area (Å²) in [6.07, 6.45) is -17.0. The summed E-state index contributed by atoms with van der Waals surface area (Å²) in [6.45, 7) is -29.7. The van der Waals surface area contributed by atoms with Gasteiger partial charge in [0.25, 0.3) is 0 Å². The van der Waals surface area contributed by atoms with Crippen molar-refractivity contribution in [3.8, 4) is 0 Å². The molecule has 0 bridgehead atoms. The number of rotatable bonds is 10. The summed E-state index contributed by atoms with van der Waals surface area (Å²) in [5, 5.41) is 0. The van der Waals surface area contributed by atoms with E-state index >= 15 is 0 Å². The number of ether oxygens (including phenoxy) is 13. The van der Waals surface area contributed by atoms with Gasteiger partial charge in [0.05, 0.1) is 39.6 Å². The highest BCUT2D eigenvalue weighted by atomic mass is 16.9. The highest BCUT2D eigenvalue weighted by Gasteiger charge is 2.62. The monoisotopic (exact) mass is 614 g/mol. The average molecular weight is 615 g/mol. The fourth-order valence-electron chi connectivity index (χ4n) is 5.34. The minimum absolute atomic E-state index is 0.189. The predicted molar refractivity (Wildman–Crippen MR) is 138 cm³/mol. The molecule has 6 aliphatic heterocycles. The Balaban J connectivity index is 1.07. The molecule has 0 aromatic heterocycles. The molecule has 6 saturated heterocycles. The lowest BCUT2D eigenvalue weighted by atomic mass is 9.99. The van der Waals surface area contributed by atoms with E-state index in [1.165, 1.54) is 0 Å². The van der Waals surface area contributed by atoms with Crippen LogP contribution in [0.4, 0.5) is 0 Å². The summed E-state index contributed by atoms with van der Waals surface area (Å²) in [5.74, 6) is -13.2. The third-order valence-corrected chi connectivity index (χ3v) is 6.87. The Labute approximate surface area is 275 Å². The molecule has 0 aromatic carbocycles. The van der Waals surface area contributed by atoms with Crippen molar-refractivity contribution in [3.05, 3.63) is 0 Å². The molecule has 6 fully saturated rings. The zero-order valence-electron chi connectivity index (χ0n) is 45.3. The number of hydrogen-bond donors (Lipinski definition) is 0. The van der Waals surface area contributed by atoms with Crippen LogP contribution in [0.5, 0.6) is 0 Å². The Morgan fingerprint density at radius 1 is 0.439 bits per heavy atom. The maximum atomic E-state index is 7.97. The van der Waals surface area contributed by atoms with Crippen molar-refractivity contribution in [2.24, 2.45) is 0 Å². The van der Waals surface area contributed by atoms with Crippen molar-refractivity contribution in [3.63, 3.8) is 0 Å². The van der Waals surface area contributed by atoms with E-state index in [0.29, 0.717) is 0 Å². The van der Waals surface area contributed by atoms with E-state index in [2.05, 4.69) is 0 Å². The van der Waals surface area contributed by atoms with E-state index in [0.717, 1.165) is 0 Å². The molecular weight excluding hydrogens is 544 g/mol. The molecule has 6 rings (SSSR count). The van der Waals surface area contributed by atoms with Crippen LogP contribution in [-0.4, -0.2) is 124 Å². The van der Waals surface area contributed by atoms with Crippen LogP contribution >= 0.6 is 0 Å². The molecule has 0 radical (unpaired) electrons. The molecule has 6 aliphatic rings. The van der Waals surface area contributed by atoms with Gasteiger partial charge in [0.1, 0.15) is 48.8 Å². The third-order valence-electron chi connectivity index (χ3n) is 6.87. The molecule has 0 spiro atoms. The lowest BCUT2D eigenvalue weighted by molar-refractivity contribution is -0.244. The van der Waals surface area contributed by atoms with E-state index in [9.17, 15) is 0 Å². The van der Waals surface area contributed by atoms with E-state index in [1.54, 1.807) is 0 Å². The summed E-state index contributed by atoms with van der Waals surface area (Å²) in [5.41, 5.74) is 0. The van der Waals surface area contributed by atoms with Crippen LogP contribution in [0.15, 0.2) is 0 Å². The van der Waals surface area contributed by atoms with Gasteiger partial charge in [0, 0.05) is 32.9 Å². The van der Waals surface area contributed by atoms with Crippen LogP contribution in [-0.2, 0) is 61.6 Å². The number of fused-ring (bicyclic) bond motifs is 6. The highest BCUT2D eigenvalue weighted by molar-refractivity contribution is 5.01. The van der Waals surface area contributed by atoms with Gasteiger partial charge in [-0.25, -0.2) is 0 Å². The van der Waals surface area contributed by atoms with Crippen LogP contribution in [0.3, 0.4) is 0 Å². The van der Waals surface area contributed by atoms with Crippen molar-refractivity contribution in [1.82, 2.24) is 0 Å². The first-order chi connectivity index (χ1) is 29.2. The van der Waals surface area contributed by atoms with Crippen LogP contribution < -0.4 is 0 Å². The normalized spacial score (nSPS) is 55.9. The molecule has 10 atom stereocenters. The van der Waals surface area contributed by atoms with Crippen molar-refractivity contribution < 1.29 is 94.5 Å². The van der Waals surface area contributed by atoms with Gasteiger partial charge in [-0.2, -0.15) is 0 Å². The maximum absolute atomic E-state index is 7.97. The van der Waals surface area contributed by atoms with Gasteiger partial charge in [-0.15, -0.1) is 0 Å². The minimum atomic E-state index is -3.48. The second-order valence-electron chi connectivity index (χ2n) is 10.0. The maximum Gasteiger partial charge on any atom is 0.190 e. The fourth-order valence-corrected chi connectivity index (χ4v) is 5.34. The van der Waals surface area contributed by atoms with Gasteiger partial charge in [0.15, 0.2) is 35.7 Å². The van der Waals surface area contributed by atoms with Gasteiger partial charge in [-0.1, -0.05) is 0 Å². The Morgan fingerprint density at radius 2 is 0.780 bits per heavy atom. The molecule has 13 heteroatoms. The van der Waals surface area contributed by atoms with E-state index in [-0.39, 0.29) is 26.4 Å². The van der Waals surface area contributed by atoms with Gasteiger partial charge in [-0.05, 0) is 54.8 Å². The summed E-state index contributed by atoms with van der Waals surface area (Å²) in [4.78, 5) is 0. The third kappa shape index (κ3) is 6.63. The summed E-state index contributed by atoms with van der Waals surface area (Å²) < 4.78 is 263. The van der Waals surface area contributed by atoms with Crippen molar-refractivity contribution >= 4 is 0 Å². The van der Waals surface area contributed by atoms with E-state index in [4.69, 9.17) is 94.5 Å². The lowest BCUT2D eigenvalue weighted by Gasteiger charge is -2.37. The summed E-state index contributed by atoms with van der Waals surface area (Å²) in [7, 11) is 0. The molecule has 0 amide bonds. The van der Waals surface area contributed by atoms with Crippen LogP contribution in [0.25, 0.3) is 0 Å². The van der Waals surface area contributed by atoms with E-state index in [1.807, 2.05) is 0 Å². The van der Waals surface area contributed by atoms with Gasteiger partial charge in [-0.3, -0.25) is 0 Å². The number of hydrogen-bond acceptors (Lipinski definition) is 13. The quantitative estimate of drug-likeness (QED) is 0.333. The highest BCUT2D eigenvalue weighted by Crippen LogP contribution is 2.45. The van der Waals surface area contributed by atoms with Crippen LogP contribution in [0.1, 0.15) is 87.7 Å².